The summed E-state index contributed by atoms with van der Waals surface area (Å²) in [4.78, 5) is 2.41. The van der Waals surface area contributed by atoms with Crippen LogP contribution in [-0.4, -0.2) is 4.57 Å². The molecule has 0 bridgehead atoms. The average molecular weight is 803 g/mol. The Morgan fingerprint density at radius 3 is 1.54 bits per heavy atom. The molecule has 0 aliphatic carbocycles. The number of anilines is 3. The minimum Gasteiger partial charge on any atom is -0.455 e. The summed E-state index contributed by atoms with van der Waals surface area (Å²) in [6.45, 7) is 0. The molecule has 2 heterocycles. The molecule has 11 aromatic carbocycles. The number of para-hydroxylation sites is 4. The van der Waals surface area contributed by atoms with E-state index in [2.05, 4.69) is 240 Å². The topological polar surface area (TPSA) is 21.3 Å². The zero-order valence-corrected chi connectivity index (χ0v) is 34.2. The van der Waals surface area contributed by atoms with E-state index in [0.29, 0.717) is 0 Å². The predicted molar refractivity (Wildman–Crippen MR) is 266 cm³/mol. The van der Waals surface area contributed by atoms with Gasteiger partial charge in [-0.05, 0) is 87.3 Å². The monoisotopic (exact) mass is 802 g/mol. The molecule has 3 nitrogen and oxygen atoms in total. The van der Waals surface area contributed by atoms with Crippen LogP contribution in [0.3, 0.4) is 0 Å². The van der Waals surface area contributed by atoms with Gasteiger partial charge in [0.2, 0.25) is 0 Å². The van der Waals surface area contributed by atoms with Gasteiger partial charge in [-0.25, -0.2) is 0 Å². The Hall–Kier alpha value is -8.40. The van der Waals surface area contributed by atoms with Crippen molar-refractivity contribution in [2.24, 2.45) is 0 Å². The third-order valence-electron chi connectivity index (χ3n) is 13.0. The van der Waals surface area contributed by atoms with Crippen molar-refractivity contribution in [2.45, 2.75) is 0 Å². The Morgan fingerprint density at radius 2 is 0.825 bits per heavy atom. The maximum atomic E-state index is 6.77. The van der Waals surface area contributed by atoms with Crippen LogP contribution >= 0.6 is 0 Å². The summed E-state index contributed by atoms with van der Waals surface area (Å²) in [6, 6.07) is 83.4. The molecule has 294 valence electrons. The number of hydrogen-bond acceptors (Lipinski definition) is 2. The average Bonchev–Trinajstić information content (AvgIpc) is 3.91. The third kappa shape index (κ3) is 5.53. The molecule has 0 atom stereocenters. The summed E-state index contributed by atoms with van der Waals surface area (Å²) in [7, 11) is 0. The maximum Gasteiger partial charge on any atom is 0.143 e. The molecule has 0 spiro atoms. The number of hydrogen-bond donors (Lipinski definition) is 0. The van der Waals surface area contributed by atoms with E-state index in [1.54, 1.807) is 0 Å². The molecule has 0 aliphatic rings. The number of benzene rings is 11. The van der Waals surface area contributed by atoms with Crippen LogP contribution in [0.5, 0.6) is 0 Å². The summed E-state index contributed by atoms with van der Waals surface area (Å²) >= 11 is 0. The van der Waals surface area contributed by atoms with Gasteiger partial charge in [-0.3, -0.25) is 0 Å². The Balaban J connectivity index is 0.962. The van der Waals surface area contributed by atoms with E-state index in [9.17, 15) is 0 Å². The third-order valence-corrected chi connectivity index (χ3v) is 13.0. The summed E-state index contributed by atoms with van der Waals surface area (Å²) in [5, 5.41) is 12.0. The minimum atomic E-state index is 0.908. The molecule has 0 aliphatic heterocycles. The summed E-state index contributed by atoms with van der Waals surface area (Å²) in [6.07, 6.45) is 0. The summed E-state index contributed by atoms with van der Waals surface area (Å²) in [5.41, 5.74) is 13.2. The van der Waals surface area contributed by atoms with E-state index in [0.717, 1.165) is 66.8 Å². The van der Waals surface area contributed by atoms with Crippen molar-refractivity contribution in [1.29, 1.82) is 0 Å². The molecule has 0 radical (unpaired) electrons. The lowest BCUT2D eigenvalue weighted by Gasteiger charge is -2.28. The second-order valence-electron chi connectivity index (χ2n) is 16.4. The van der Waals surface area contributed by atoms with Crippen molar-refractivity contribution in [2.75, 3.05) is 4.90 Å². The van der Waals surface area contributed by atoms with Crippen LogP contribution in [0, 0.1) is 0 Å². The number of rotatable bonds is 6. The minimum absolute atomic E-state index is 0.908. The van der Waals surface area contributed by atoms with Crippen LogP contribution in [0.4, 0.5) is 17.1 Å². The molecule has 2 aromatic heterocycles. The molecule has 0 N–H and O–H groups in total. The molecule has 0 saturated heterocycles. The van der Waals surface area contributed by atoms with Crippen molar-refractivity contribution in [3.63, 3.8) is 0 Å². The zero-order chi connectivity index (χ0) is 41.4. The first kappa shape index (κ1) is 35.4. The van der Waals surface area contributed by atoms with E-state index in [1.165, 1.54) is 54.3 Å². The van der Waals surface area contributed by atoms with Gasteiger partial charge in [0, 0.05) is 54.8 Å². The van der Waals surface area contributed by atoms with Gasteiger partial charge in [0.15, 0.2) is 0 Å². The molecular weight excluding hydrogens is 765 g/mol. The van der Waals surface area contributed by atoms with Crippen molar-refractivity contribution in [3.8, 4) is 27.9 Å². The van der Waals surface area contributed by atoms with Crippen LogP contribution < -0.4 is 4.90 Å². The van der Waals surface area contributed by atoms with Gasteiger partial charge < -0.3 is 13.9 Å². The second-order valence-corrected chi connectivity index (χ2v) is 16.4. The van der Waals surface area contributed by atoms with Crippen molar-refractivity contribution in [3.05, 3.63) is 231 Å². The van der Waals surface area contributed by atoms with Gasteiger partial charge in [-0.2, -0.15) is 0 Å². The Bertz CT molecular complexity index is 3860. The lowest BCUT2D eigenvalue weighted by atomic mass is 9.98. The maximum absolute atomic E-state index is 6.77. The molecule has 0 saturated carbocycles. The SMILES string of the molecule is c1ccc(-n2c3ccccc3c3ccccc32)c(-c2ccc(N(c3ccc(-c4cccc5c4oc4c6ccccc6ccc54)cc3)c3cc4ccccc4c4ccccc34)cc2)c1. The first-order chi connectivity index (χ1) is 31.3. The lowest BCUT2D eigenvalue weighted by Crippen LogP contribution is -2.10. The van der Waals surface area contributed by atoms with E-state index >= 15 is 0 Å². The molecule has 0 unspecified atom stereocenters. The van der Waals surface area contributed by atoms with Gasteiger partial charge in [-0.15, -0.1) is 0 Å². The standard InChI is InChI=1S/C60H38N2O/c1-4-18-47-39(14-1)32-37-54-53-24-13-23-48(59(53)63-60(47)54)41-30-35-44(36-31-41)61(58-38-42-15-2-3-16-45(42)49-19-5-6-20-50(49)58)43-33-28-40(29-34-43)46-17-7-10-25-55(46)62-56-26-11-8-21-51(56)52-22-9-12-27-57(52)62/h1-38H. The highest BCUT2D eigenvalue weighted by Crippen LogP contribution is 2.45. The van der Waals surface area contributed by atoms with Crippen molar-refractivity contribution >= 4 is 93.1 Å². The van der Waals surface area contributed by atoms with E-state index in [-0.39, 0.29) is 0 Å². The van der Waals surface area contributed by atoms with E-state index in [1.807, 2.05) is 0 Å². The first-order valence-electron chi connectivity index (χ1n) is 21.6. The van der Waals surface area contributed by atoms with E-state index < -0.39 is 0 Å². The van der Waals surface area contributed by atoms with Gasteiger partial charge in [0.05, 0.1) is 22.4 Å². The van der Waals surface area contributed by atoms with Crippen molar-refractivity contribution in [1.82, 2.24) is 4.57 Å². The van der Waals surface area contributed by atoms with Crippen LogP contribution in [0.1, 0.15) is 0 Å². The smallest absolute Gasteiger partial charge is 0.143 e. The molecule has 0 amide bonds. The fraction of sp³-hybridized carbons (Fsp3) is 0. The van der Waals surface area contributed by atoms with Gasteiger partial charge >= 0.3 is 0 Å². The fourth-order valence-corrected chi connectivity index (χ4v) is 10.1. The molecule has 13 aromatic rings. The van der Waals surface area contributed by atoms with Crippen LogP contribution in [0.25, 0.3) is 104 Å². The molecule has 3 heteroatoms. The van der Waals surface area contributed by atoms with Crippen molar-refractivity contribution < 1.29 is 4.42 Å². The van der Waals surface area contributed by atoms with E-state index in [4.69, 9.17) is 4.42 Å². The highest BCUT2D eigenvalue weighted by molar-refractivity contribution is 6.18. The summed E-state index contributed by atoms with van der Waals surface area (Å²) in [5.74, 6) is 0. The molecule has 13 rings (SSSR count). The molecule has 0 fully saturated rings. The van der Waals surface area contributed by atoms with Gasteiger partial charge in [0.1, 0.15) is 11.2 Å². The Labute approximate surface area is 363 Å². The van der Waals surface area contributed by atoms with Gasteiger partial charge in [0.25, 0.3) is 0 Å². The Kier molecular flexibility index (Phi) is 7.91. The summed E-state index contributed by atoms with van der Waals surface area (Å²) < 4.78 is 9.18. The highest BCUT2D eigenvalue weighted by Gasteiger charge is 2.20. The predicted octanol–water partition coefficient (Wildman–Crippen LogP) is 16.9. The number of aromatic nitrogens is 1. The number of nitrogens with zero attached hydrogens (tertiary/aromatic N) is 2. The molecular formula is C60H38N2O. The number of fused-ring (bicyclic) bond motifs is 11. The van der Waals surface area contributed by atoms with Gasteiger partial charge in [-0.1, -0.05) is 176 Å². The first-order valence-corrected chi connectivity index (χ1v) is 21.6. The normalized spacial score (nSPS) is 11.8. The second kappa shape index (κ2) is 14.1. The highest BCUT2D eigenvalue weighted by atomic mass is 16.3. The zero-order valence-electron chi connectivity index (χ0n) is 34.2. The largest absolute Gasteiger partial charge is 0.455 e. The van der Waals surface area contributed by atoms with Crippen LogP contribution in [0.2, 0.25) is 0 Å². The number of furan rings is 1. The fourth-order valence-electron chi connectivity index (χ4n) is 10.1. The quantitative estimate of drug-likeness (QED) is 0.156. The van der Waals surface area contributed by atoms with Crippen LogP contribution in [0.15, 0.2) is 235 Å². The molecule has 63 heavy (non-hydrogen) atoms. The van der Waals surface area contributed by atoms with Crippen LogP contribution in [-0.2, 0) is 0 Å². The Morgan fingerprint density at radius 1 is 0.317 bits per heavy atom. The lowest BCUT2D eigenvalue weighted by molar-refractivity contribution is 0.674.